The van der Waals surface area contributed by atoms with Gasteiger partial charge in [-0.25, -0.2) is 9.37 Å². The van der Waals surface area contributed by atoms with Crippen LogP contribution in [-0.4, -0.2) is 67.7 Å². The SMILES string of the molecule is COc1nc(Br)c(F)cc1N1C(=O)CO[C@@H]2CN(S(=O)(=O)Nc3ccon3)CC[C@H]21. The van der Waals surface area contributed by atoms with Gasteiger partial charge in [0.25, 0.3) is 5.91 Å². The second-order valence-electron chi connectivity index (χ2n) is 6.61. The van der Waals surface area contributed by atoms with Gasteiger partial charge in [-0.2, -0.15) is 12.7 Å². The van der Waals surface area contributed by atoms with E-state index in [4.69, 9.17) is 9.47 Å². The molecule has 2 aromatic heterocycles. The molecule has 2 fully saturated rings. The van der Waals surface area contributed by atoms with Crippen molar-refractivity contribution in [3.8, 4) is 5.88 Å². The zero-order chi connectivity index (χ0) is 21.5. The average Bonchev–Trinajstić information content (AvgIpc) is 3.21. The predicted molar refractivity (Wildman–Crippen MR) is 105 cm³/mol. The summed E-state index contributed by atoms with van der Waals surface area (Å²) in [7, 11) is -2.54. The van der Waals surface area contributed by atoms with Crippen molar-refractivity contribution < 1.29 is 31.6 Å². The maximum atomic E-state index is 14.2. The molecule has 0 spiro atoms. The van der Waals surface area contributed by atoms with Crippen LogP contribution in [0.1, 0.15) is 6.42 Å². The average molecular weight is 506 g/mol. The number of piperidine rings is 1. The number of rotatable bonds is 5. The number of carbonyl (C=O) groups excluding carboxylic acids is 1. The van der Waals surface area contributed by atoms with Gasteiger partial charge in [0.2, 0.25) is 5.88 Å². The van der Waals surface area contributed by atoms with E-state index in [1.165, 1.54) is 28.6 Å². The highest BCUT2D eigenvalue weighted by atomic mass is 79.9. The Bertz CT molecular complexity index is 1050. The number of halogens is 2. The lowest BCUT2D eigenvalue weighted by molar-refractivity contribution is -0.134. The molecule has 2 atom stereocenters. The Hall–Kier alpha value is -2.29. The van der Waals surface area contributed by atoms with E-state index >= 15 is 0 Å². The van der Waals surface area contributed by atoms with Gasteiger partial charge in [-0.05, 0) is 22.4 Å². The lowest BCUT2D eigenvalue weighted by atomic mass is 9.99. The molecule has 14 heteroatoms. The number of ether oxygens (including phenoxy) is 2. The van der Waals surface area contributed by atoms with Crippen molar-refractivity contribution in [2.24, 2.45) is 0 Å². The second kappa shape index (κ2) is 8.09. The lowest BCUT2D eigenvalue weighted by Gasteiger charge is -2.45. The van der Waals surface area contributed by atoms with E-state index in [9.17, 15) is 17.6 Å². The molecule has 4 heterocycles. The molecule has 0 saturated carbocycles. The van der Waals surface area contributed by atoms with E-state index < -0.39 is 34.1 Å². The Morgan fingerprint density at radius 1 is 1.43 bits per heavy atom. The monoisotopic (exact) mass is 505 g/mol. The molecule has 0 radical (unpaired) electrons. The third kappa shape index (κ3) is 3.87. The molecule has 0 aliphatic carbocycles. The number of nitrogens with one attached hydrogen (secondary N) is 1. The van der Waals surface area contributed by atoms with Crippen LogP contribution in [0, 0.1) is 5.82 Å². The molecular weight excluding hydrogens is 489 g/mol. The van der Waals surface area contributed by atoms with E-state index in [-0.39, 0.29) is 48.1 Å². The number of anilines is 2. The topological polar surface area (TPSA) is 127 Å². The van der Waals surface area contributed by atoms with Crippen molar-refractivity contribution in [3.05, 3.63) is 28.8 Å². The number of hydrogen-bond acceptors (Lipinski definition) is 8. The fraction of sp³-hybridized carbons (Fsp3) is 0.438. The van der Waals surface area contributed by atoms with Crippen molar-refractivity contribution in [2.75, 3.05) is 36.4 Å². The molecule has 162 valence electrons. The van der Waals surface area contributed by atoms with Crippen LogP contribution in [-0.2, 0) is 19.7 Å². The summed E-state index contributed by atoms with van der Waals surface area (Å²) in [5, 5.41) is 3.54. The quantitative estimate of drug-likeness (QED) is 0.599. The van der Waals surface area contributed by atoms with Crippen LogP contribution in [0.5, 0.6) is 5.88 Å². The van der Waals surface area contributed by atoms with Crippen LogP contribution in [0.4, 0.5) is 15.9 Å². The lowest BCUT2D eigenvalue weighted by Crippen LogP contribution is -2.62. The first-order valence-electron chi connectivity index (χ1n) is 8.82. The maximum Gasteiger partial charge on any atom is 0.302 e. The molecule has 2 aliphatic heterocycles. The smallest absolute Gasteiger partial charge is 0.302 e. The molecule has 0 unspecified atom stereocenters. The molecule has 30 heavy (non-hydrogen) atoms. The summed E-state index contributed by atoms with van der Waals surface area (Å²) in [4.78, 5) is 18.0. The normalized spacial score (nSPS) is 22.6. The first-order chi connectivity index (χ1) is 14.3. The Morgan fingerprint density at radius 3 is 2.93 bits per heavy atom. The second-order valence-corrected chi connectivity index (χ2v) is 9.03. The number of aromatic nitrogens is 2. The highest BCUT2D eigenvalue weighted by Crippen LogP contribution is 2.36. The van der Waals surface area contributed by atoms with Crippen LogP contribution < -0.4 is 14.4 Å². The number of pyridine rings is 1. The highest BCUT2D eigenvalue weighted by Gasteiger charge is 2.45. The molecule has 1 N–H and O–H groups in total. The van der Waals surface area contributed by atoms with Gasteiger partial charge in [-0.15, -0.1) is 0 Å². The number of amides is 1. The minimum atomic E-state index is -3.90. The van der Waals surface area contributed by atoms with Gasteiger partial charge in [0, 0.05) is 25.2 Å². The fourth-order valence-electron chi connectivity index (χ4n) is 3.52. The number of fused-ring (bicyclic) bond motifs is 1. The molecular formula is C16H17BrFN5O6S. The van der Waals surface area contributed by atoms with Crippen LogP contribution in [0.3, 0.4) is 0 Å². The number of methoxy groups -OCH3 is 1. The summed E-state index contributed by atoms with van der Waals surface area (Å²) in [6.45, 7) is -0.181. The summed E-state index contributed by atoms with van der Waals surface area (Å²) < 4.78 is 58.4. The zero-order valence-corrected chi connectivity index (χ0v) is 18.0. The van der Waals surface area contributed by atoms with Gasteiger partial charge in [0.05, 0.1) is 19.3 Å². The van der Waals surface area contributed by atoms with E-state index in [0.717, 1.165) is 6.07 Å². The summed E-state index contributed by atoms with van der Waals surface area (Å²) in [5.41, 5.74) is 0.165. The third-order valence-electron chi connectivity index (χ3n) is 4.85. The summed E-state index contributed by atoms with van der Waals surface area (Å²) in [6, 6.07) is 2.02. The minimum absolute atomic E-state index is 0.00359. The Kier molecular flexibility index (Phi) is 5.65. The number of morpholine rings is 1. The molecule has 2 aromatic rings. The first kappa shape index (κ1) is 21.0. The third-order valence-corrected chi connectivity index (χ3v) is 6.89. The summed E-state index contributed by atoms with van der Waals surface area (Å²) in [5.74, 6) is -0.923. The van der Waals surface area contributed by atoms with Gasteiger partial charge >= 0.3 is 10.2 Å². The molecule has 2 saturated heterocycles. The van der Waals surface area contributed by atoms with Crippen molar-refractivity contribution in [3.63, 3.8) is 0 Å². The first-order valence-corrected chi connectivity index (χ1v) is 11.1. The van der Waals surface area contributed by atoms with Gasteiger partial charge in [0.15, 0.2) is 11.6 Å². The van der Waals surface area contributed by atoms with E-state index in [2.05, 4.69) is 35.3 Å². The molecule has 0 bridgehead atoms. The molecule has 4 rings (SSSR count). The molecule has 1 amide bonds. The molecule has 0 aromatic carbocycles. The number of carbonyl (C=O) groups is 1. The Balaban J connectivity index is 1.58. The van der Waals surface area contributed by atoms with Crippen molar-refractivity contribution >= 4 is 43.6 Å². The van der Waals surface area contributed by atoms with Crippen molar-refractivity contribution in [1.29, 1.82) is 0 Å². The van der Waals surface area contributed by atoms with E-state index in [1.807, 2.05) is 0 Å². The Labute approximate surface area is 179 Å². The van der Waals surface area contributed by atoms with Gasteiger partial charge < -0.3 is 14.0 Å². The minimum Gasteiger partial charge on any atom is -0.479 e. The largest absolute Gasteiger partial charge is 0.479 e. The van der Waals surface area contributed by atoms with Crippen molar-refractivity contribution in [2.45, 2.75) is 18.6 Å². The predicted octanol–water partition coefficient (Wildman–Crippen LogP) is 1.14. The zero-order valence-electron chi connectivity index (χ0n) is 15.6. The molecule has 2 aliphatic rings. The van der Waals surface area contributed by atoms with Gasteiger partial charge in [0.1, 0.15) is 23.2 Å². The van der Waals surface area contributed by atoms with Crippen molar-refractivity contribution in [1.82, 2.24) is 14.4 Å². The van der Waals surface area contributed by atoms with Crippen LogP contribution in [0.15, 0.2) is 27.5 Å². The highest BCUT2D eigenvalue weighted by molar-refractivity contribution is 9.10. The van der Waals surface area contributed by atoms with Crippen LogP contribution >= 0.6 is 15.9 Å². The Morgan fingerprint density at radius 2 is 2.23 bits per heavy atom. The van der Waals surface area contributed by atoms with Crippen LogP contribution in [0.2, 0.25) is 0 Å². The number of nitrogens with zero attached hydrogens (tertiary/aromatic N) is 4. The maximum absolute atomic E-state index is 14.2. The van der Waals surface area contributed by atoms with Gasteiger partial charge in [-0.3, -0.25) is 14.4 Å². The van der Waals surface area contributed by atoms with E-state index in [0.29, 0.717) is 0 Å². The van der Waals surface area contributed by atoms with Gasteiger partial charge in [-0.1, -0.05) is 5.16 Å². The number of hydrogen-bond donors (Lipinski definition) is 1. The fourth-order valence-corrected chi connectivity index (χ4v) is 4.99. The van der Waals surface area contributed by atoms with E-state index in [1.54, 1.807) is 0 Å². The van der Waals surface area contributed by atoms with Crippen LogP contribution in [0.25, 0.3) is 0 Å². The summed E-state index contributed by atoms with van der Waals surface area (Å²) in [6.07, 6.45) is 0.884. The standard InChI is InChI=1S/C16H17BrFN5O6S/c1-27-16-11(6-9(18)15(17)19-16)23-10-2-4-22(7-12(10)28-8-14(23)24)30(25,26)21-13-3-5-29-20-13/h3,5-6,10,12H,2,4,7-8H2,1H3,(H,20,21)/t10-,12-/m1/s1. The summed E-state index contributed by atoms with van der Waals surface area (Å²) >= 11 is 3.00. The molecule has 11 nitrogen and oxygen atoms in total.